The molecule has 1 heterocycles. The van der Waals surface area contributed by atoms with Crippen LogP contribution < -0.4 is 19.6 Å². The first-order valence-corrected chi connectivity index (χ1v) is 9.50. The molecule has 0 bridgehead atoms. The fourth-order valence-corrected chi connectivity index (χ4v) is 2.62. The van der Waals surface area contributed by atoms with Gasteiger partial charge in [0.05, 0.1) is 19.4 Å². The van der Waals surface area contributed by atoms with E-state index >= 15 is 0 Å². The highest BCUT2D eigenvalue weighted by atomic mass is 16.5. The molecule has 156 valence electrons. The summed E-state index contributed by atoms with van der Waals surface area (Å²) in [5, 5.41) is 4.01. The molecule has 1 amide bonds. The lowest BCUT2D eigenvalue weighted by Crippen LogP contribution is -2.17. The summed E-state index contributed by atoms with van der Waals surface area (Å²) in [4.78, 5) is 12.3. The maximum Gasteiger partial charge on any atom is 0.307 e. The molecule has 1 aromatic heterocycles. The first-order valence-electron chi connectivity index (χ1n) is 9.50. The highest BCUT2D eigenvalue weighted by Crippen LogP contribution is 2.30. The Morgan fingerprint density at radius 2 is 1.90 bits per heavy atom. The van der Waals surface area contributed by atoms with Crippen molar-refractivity contribution in [3.8, 4) is 17.2 Å². The van der Waals surface area contributed by atoms with Crippen LogP contribution in [0.2, 0.25) is 0 Å². The van der Waals surface area contributed by atoms with Gasteiger partial charge in [-0.1, -0.05) is 24.3 Å². The highest BCUT2D eigenvalue weighted by Gasteiger charge is 2.13. The maximum absolute atomic E-state index is 12.3. The van der Waals surface area contributed by atoms with Crippen LogP contribution in [0.1, 0.15) is 35.7 Å². The molecule has 1 N–H and O–H groups in total. The molecular weight excluding hydrogens is 384 g/mol. The number of hydrazone groups is 1. The smallest absolute Gasteiger partial charge is 0.307 e. The third-order valence-electron chi connectivity index (χ3n) is 3.96. The molecule has 0 fully saturated rings. The topological polar surface area (TPSA) is 82.3 Å². The van der Waals surface area contributed by atoms with Crippen LogP contribution in [0.25, 0.3) is 0 Å². The quantitative estimate of drug-likeness (QED) is 0.419. The van der Waals surface area contributed by atoms with Crippen molar-refractivity contribution in [2.24, 2.45) is 5.10 Å². The summed E-state index contributed by atoms with van der Waals surface area (Å²) in [5.41, 5.74) is 3.13. The molecule has 0 saturated carbocycles. The van der Waals surface area contributed by atoms with Crippen LogP contribution in [-0.2, 0) is 6.61 Å². The van der Waals surface area contributed by atoms with E-state index in [0.29, 0.717) is 22.8 Å². The van der Waals surface area contributed by atoms with Crippen molar-refractivity contribution in [3.63, 3.8) is 0 Å². The Kier molecular flexibility index (Phi) is 7.10. The fraction of sp³-hybridized carbons (Fsp3) is 0.217. The number of furan rings is 1. The fourth-order valence-electron chi connectivity index (χ4n) is 2.62. The van der Waals surface area contributed by atoms with Gasteiger partial charge >= 0.3 is 5.91 Å². The Labute approximate surface area is 175 Å². The van der Waals surface area contributed by atoms with Gasteiger partial charge in [0.2, 0.25) is 0 Å². The number of rotatable bonds is 9. The molecule has 7 heteroatoms. The lowest BCUT2D eigenvalue weighted by Gasteiger charge is -2.15. The van der Waals surface area contributed by atoms with Gasteiger partial charge in [-0.15, -0.1) is 0 Å². The van der Waals surface area contributed by atoms with Gasteiger partial charge in [-0.05, 0) is 50.2 Å². The van der Waals surface area contributed by atoms with Crippen LogP contribution >= 0.6 is 0 Å². The molecule has 0 aliphatic heterocycles. The van der Waals surface area contributed by atoms with Crippen molar-refractivity contribution in [3.05, 3.63) is 77.7 Å². The van der Waals surface area contributed by atoms with Gasteiger partial charge in [-0.3, -0.25) is 4.79 Å². The molecule has 0 aliphatic carbocycles. The van der Waals surface area contributed by atoms with Gasteiger partial charge in [-0.2, -0.15) is 5.10 Å². The van der Waals surface area contributed by atoms with Gasteiger partial charge in [-0.25, -0.2) is 5.43 Å². The van der Waals surface area contributed by atoms with Crippen molar-refractivity contribution in [2.75, 3.05) is 7.11 Å². The summed E-state index contributed by atoms with van der Waals surface area (Å²) in [6.07, 6.45) is 1.46. The van der Waals surface area contributed by atoms with Gasteiger partial charge in [0.15, 0.2) is 17.3 Å². The van der Waals surface area contributed by atoms with Gasteiger partial charge in [0, 0.05) is 5.56 Å². The van der Waals surface area contributed by atoms with Crippen molar-refractivity contribution in [1.29, 1.82) is 0 Å². The van der Waals surface area contributed by atoms with E-state index < -0.39 is 5.91 Å². The second-order valence-electron chi connectivity index (χ2n) is 6.61. The molecule has 0 atom stereocenters. The van der Waals surface area contributed by atoms with Crippen molar-refractivity contribution in [1.82, 2.24) is 5.43 Å². The summed E-state index contributed by atoms with van der Waals surface area (Å²) in [6.45, 7) is 4.07. The van der Waals surface area contributed by atoms with Crippen molar-refractivity contribution < 1.29 is 23.4 Å². The minimum atomic E-state index is -0.466. The standard InChI is InChI=1S/C23H24N2O5/c1-16(2)29-22-17(8-7-11-20(22)27-3)14-24-25-23(26)21-13-12-19(30-21)15-28-18-9-5-4-6-10-18/h4-14,16H,15H2,1-3H3,(H,25,26)/b24-14-. The highest BCUT2D eigenvalue weighted by molar-refractivity contribution is 5.93. The lowest BCUT2D eigenvalue weighted by atomic mass is 10.2. The summed E-state index contributed by atoms with van der Waals surface area (Å²) in [5.74, 6) is 2.09. The summed E-state index contributed by atoms with van der Waals surface area (Å²) in [6, 6.07) is 18.1. The zero-order chi connectivity index (χ0) is 21.3. The van der Waals surface area contributed by atoms with Gasteiger partial charge in [0.25, 0.3) is 0 Å². The maximum atomic E-state index is 12.3. The SMILES string of the molecule is COc1cccc(/C=N\NC(=O)c2ccc(COc3ccccc3)o2)c1OC(C)C. The second kappa shape index (κ2) is 10.2. The number of hydrogen-bond donors (Lipinski definition) is 1. The number of benzene rings is 2. The Hall–Kier alpha value is -3.74. The van der Waals surface area contributed by atoms with E-state index in [2.05, 4.69) is 10.5 Å². The first kappa shape index (κ1) is 21.0. The Balaban J connectivity index is 1.61. The van der Waals surface area contributed by atoms with Crippen LogP contribution in [0.5, 0.6) is 17.2 Å². The molecule has 0 unspecified atom stereocenters. The number of para-hydroxylation sites is 2. The third kappa shape index (κ3) is 5.64. The number of ether oxygens (including phenoxy) is 3. The average Bonchev–Trinajstić information content (AvgIpc) is 3.23. The minimum absolute atomic E-state index is 0.0392. The molecule has 7 nitrogen and oxygen atoms in total. The molecule has 3 aromatic rings. The van der Waals surface area contributed by atoms with Gasteiger partial charge < -0.3 is 18.6 Å². The molecule has 3 rings (SSSR count). The molecular formula is C23H24N2O5. The Morgan fingerprint density at radius 3 is 2.63 bits per heavy atom. The number of hydrogen-bond acceptors (Lipinski definition) is 6. The molecule has 0 aliphatic rings. The Morgan fingerprint density at radius 1 is 1.10 bits per heavy atom. The van der Waals surface area contributed by atoms with E-state index in [1.165, 1.54) is 6.21 Å². The monoisotopic (exact) mass is 408 g/mol. The number of amides is 1. The van der Waals surface area contributed by atoms with E-state index in [1.807, 2.05) is 56.3 Å². The van der Waals surface area contributed by atoms with E-state index in [1.54, 1.807) is 25.3 Å². The number of nitrogens with one attached hydrogen (secondary N) is 1. The zero-order valence-corrected chi connectivity index (χ0v) is 17.1. The summed E-state index contributed by atoms with van der Waals surface area (Å²) < 4.78 is 22.3. The van der Waals surface area contributed by atoms with Crippen LogP contribution in [-0.4, -0.2) is 25.3 Å². The van der Waals surface area contributed by atoms with Crippen molar-refractivity contribution >= 4 is 12.1 Å². The average molecular weight is 408 g/mol. The van der Waals surface area contributed by atoms with E-state index in [4.69, 9.17) is 18.6 Å². The molecule has 30 heavy (non-hydrogen) atoms. The van der Waals surface area contributed by atoms with Gasteiger partial charge in [0.1, 0.15) is 18.1 Å². The number of nitrogens with zero attached hydrogens (tertiary/aromatic N) is 1. The molecule has 0 spiro atoms. The van der Waals surface area contributed by atoms with E-state index in [-0.39, 0.29) is 18.5 Å². The van der Waals surface area contributed by atoms with E-state index in [0.717, 1.165) is 5.75 Å². The number of carbonyl (C=O) groups is 1. The molecule has 0 radical (unpaired) electrons. The summed E-state index contributed by atoms with van der Waals surface area (Å²) in [7, 11) is 1.57. The van der Waals surface area contributed by atoms with Crippen LogP contribution in [0, 0.1) is 0 Å². The van der Waals surface area contributed by atoms with Crippen LogP contribution in [0.3, 0.4) is 0 Å². The normalized spacial score (nSPS) is 10.9. The van der Waals surface area contributed by atoms with E-state index in [9.17, 15) is 4.79 Å². The second-order valence-corrected chi connectivity index (χ2v) is 6.61. The predicted octanol–water partition coefficient (Wildman–Crippen LogP) is 4.42. The summed E-state index contributed by atoms with van der Waals surface area (Å²) >= 11 is 0. The molecule has 2 aromatic carbocycles. The van der Waals surface area contributed by atoms with Crippen LogP contribution in [0.15, 0.2) is 70.2 Å². The number of methoxy groups -OCH3 is 1. The largest absolute Gasteiger partial charge is 0.493 e. The minimum Gasteiger partial charge on any atom is -0.493 e. The first-order chi connectivity index (χ1) is 14.6. The lowest BCUT2D eigenvalue weighted by molar-refractivity contribution is 0.0923. The Bertz CT molecular complexity index is 996. The third-order valence-corrected chi connectivity index (χ3v) is 3.96. The zero-order valence-electron chi connectivity index (χ0n) is 17.1. The molecule has 0 saturated heterocycles. The van der Waals surface area contributed by atoms with Crippen molar-refractivity contribution in [2.45, 2.75) is 26.6 Å². The van der Waals surface area contributed by atoms with Crippen LogP contribution in [0.4, 0.5) is 0 Å². The number of carbonyl (C=O) groups excluding carboxylic acids is 1. The predicted molar refractivity (Wildman–Crippen MR) is 113 cm³/mol.